The summed E-state index contributed by atoms with van der Waals surface area (Å²) in [5.41, 5.74) is 0.318. The summed E-state index contributed by atoms with van der Waals surface area (Å²) in [6.07, 6.45) is 0.234. The number of carboxylic acids is 2. The quantitative estimate of drug-likeness (QED) is 0.0960. The first kappa shape index (κ1) is 37.1. The third-order valence-corrected chi connectivity index (χ3v) is 7.10. The van der Waals surface area contributed by atoms with Crippen LogP contribution in [0.1, 0.15) is 87.9 Å². The lowest BCUT2D eigenvalue weighted by molar-refractivity contribution is -0.137. The van der Waals surface area contributed by atoms with Crippen molar-refractivity contribution in [2.75, 3.05) is 11.9 Å². The largest absolute Gasteiger partial charge is 0.481 e. The maximum absolute atomic E-state index is 13.2. The van der Waals surface area contributed by atoms with E-state index in [1.54, 1.807) is 71.9 Å². The molecule has 0 aromatic heterocycles. The SMILES string of the molecule is CC(C)(C)OC(=O)N=c1ccc2c(-c3cc(C(=O)NCCCCCC(=O)O)ccc3C(=O)O)c3ccc(NC(=O)OC(C)(C)C)cc3oc-2c1. The number of carbonyl (C=O) groups excluding carboxylic acids is 3. The summed E-state index contributed by atoms with van der Waals surface area (Å²) in [5.74, 6) is -2.30. The van der Waals surface area contributed by atoms with Gasteiger partial charge in [0.2, 0.25) is 0 Å². The van der Waals surface area contributed by atoms with E-state index in [9.17, 15) is 29.1 Å². The number of hydrogen-bond donors (Lipinski definition) is 4. The Morgan fingerprint density at radius 1 is 0.800 bits per heavy atom. The summed E-state index contributed by atoms with van der Waals surface area (Å²) in [7, 11) is 0. The number of nitrogens with one attached hydrogen (secondary N) is 2. The van der Waals surface area contributed by atoms with Crippen molar-refractivity contribution in [3.05, 3.63) is 71.1 Å². The highest BCUT2D eigenvalue weighted by molar-refractivity contribution is 6.09. The molecule has 1 aliphatic carbocycles. The third kappa shape index (κ3) is 10.1. The molecule has 2 aliphatic rings. The van der Waals surface area contributed by atoms with Gasteiger partial charge in [0.25, 0.3) is 5.91 Å². The number of carboxylic acid groups (broad SMARTS) is 2. The van der Waals surface area contributed by atoms with Crippen LogP contribution in [0.3, 0.4) is 0 Å². The number of aromatic carboxylic acids is 1. The van der Waals surface area contributed by atoms with Crippen molar-refractivity contribution in [1.82, 2.24) is 5.32 Å². The van der Waals surface area contributed by atoms with Crippen LogP contribution >= 0.6 is 0 Å². The van der Waals surface area contributed by atoms with Crippen LogP contribution in [0.4, 0.5) is 15.3 Å². The Balaban J connectivity index is 1.85. The van der Waals surface area contributed by atoms with E-state index in [1.807, 2.05) is 0 Å². The number of amides is 3. The monoisotopic (exact) mass is 687 g/mol. The molecule has 0 fully saturated rings. The molecule has 0 saturated heterocycles. The molecule has 13 heteroatoms. The lowest BCUT2D eigenvalue weighted by Gasteiger charge is -2.20. The second kappa shape index (κ2) is 15.2. The molecule has 0 spiro atoms. The van der Waals surface area contributed by atoms with Crippen molar-refractivity contribution < 1.29 is 48.1 Å². The molecule has 0 bridgehead atoms. The number of hydrogen-bond acceptors (Lipinski definition) is 8. The second-order valence-corrected chi connectivity index (χ2v) is 13.6. The Hall–Kier alpha value is -5.72. The van der Waals surface area contributed by atoms with Gasteiger partial charge < -0.3 is 29.4 Å². The van der Waals surface area contributed by atoms with Crippen molar-refractivity contribution in [2.24, 2.45) is 4.99 Å². The van der Waals surface area contributed by atoms with Crippen LogP contribution in [0.5, 0.6) is 0 Å². The fraction of sp³-hybridized carbons (Fsp3) is 0.351. The van der Waals surface area contributed by atoms with Gasteiger partial charge in [-0.05, 0) is 102 Å². The Bertz CT molecular complexity index is 1980. The number of fused-ring (bicyclic) bond motifs is 2. The minimum Gasteiger partial charge on any atom is -0.481 e. The minimum atomic E-state index is -1.23. The Morgan fingerprint density at radius 3 is 2.18 bits per heavy atom. The zero-order chi connectivity index (χ0) is 36.8. The Morgan fingerprint density at radius 2 is 1.52 bits per heavy atom. The average molecular weight is 688 g/mol. The lowest BCUT2D eigenvalue weighted by atomic mass is 9.89. The lowest BCUT2D eigenvalue weighted by Crippen LogP contribution is -2.27. The van der Waals surface area contributed by atoms with Crippen LogP contribution in [0, 0.1) is 0 Å². The molecule has 3 amide bonds. The van der Waals surface area contributed by atoms with Crippen LogP contribution in [-0.4, -0.2) is 58.0 Å². The van der Waals surface area contributed by atoms with Crippen molar-refractivity contribution in [3.8, 4) is 22.5 Å². The predicted octanol–water partition coefficient (Wildman–Crippen LogP) is 7.46. The molecule has 2 aromatic carbocycles. The highest BCUT2D eigenvalue weighted by atomic mass is 16.6. The average Bonchev–Trinajstić information content (AvgIpc) is 2.98. The molecule has 0 atom stereocenters. The molecule has 0 unspecified atom stereocenters. The molecule has 1 heterocycles. The van der Waals surface area contributed by atoms with E-state index < -0.39 is 41.2 Å². The van der Waals surface area contributed by atoms with Crippen LogP contribution < -0.4 is 16.0 Å². The standard InChI is InChI=1S/C37H41N3O10/c1-36(2,3)49-34(46)39-22-12-15-25-28(19-22)48-29-20-23(40-35(47)50-37(4,5)6)13-16-26(29)31(25)27-18-21(11-14-24(27)33(44)45)32(43)38-17-9-7-8-10-30(41)42/h11-16,18-20H,7-10,17H2,1-6H3,(H,38,43)(H,39,46)(H,41,42)(H,44,45). The molecule has 0 radical (unpaired) electrons. The van der Waals surface area contributed by atoms with Crippen molar-refractivity contribution in [1.29, 1.82) is 0 Å². The molecule has 2 aromatic rings. The molecule has 1 aliphatic heterocycles. The van der Waals surface area contributed by atoms with Crippen molar-refractivity contribution in [2.45, 2.75) is 78.4 Å². The number of ether oxygens (including phenoxy) is 2. The number of benzene rings is 3. The number of nitrogens with zero attached hydrogens (tertiary/aromatic N) is 1. The van der Waals surface area contributed by atoms with E-state index in [-0.39, 0.29) is 39.8 Å². The summed E-state index contributed by atoms with van der Waals surface area (Å²) in [4.78, 5) is 65.6. The van der Waals surface area contributed by atoms with Gasteiger partial charge in [0.1, 0.15) is 22.5 Å². The van der Waals surface area contributed by atoms with E-state index in [4.69, 9.17) is 19.0 Å². The van der Waals surface area contributed by atoms with Gasteiger partial charge in [-0.2, -0.15) is 4.99 Å². The number of unbranched alkanes of at least 4 members (excludes halogenated alkanes) is 2. The minimum absolute atomic E-state index is 0.0500. The van der Waals surface area contributed by atoms with Gasteiger partial charge in [0.15, 0.2) is 0 Å². The van der Waals surface area contributed by atoms with Crippen LogP contribution in [0.15, 0.2) is 64.0 Å². The number of anilines is 1. The summed E-state index contributed by atoms with van der Waals surface area (Å²) in [6, 6.07) is 13.8. The van der Waals surface area contributed by atoms with Gasteiger partial charge in [0.05, 0.1) is 10.9 Å². The predicted molar refractivity (Wildman–Crippen MR) is 185 cm³/mol. The van der Waals surface area contributed by atoms with Crippen molar-refractivity contribution >= 4 is 46.7 Å². The van der Waals surface area contributed by atoms with E-state index in [2.05, 4.69) is 15.6 Å². The van der Waals surface area contributed by atoms with Crippen LogP contribution in [0.25, 0.3) is 33.4 Å². The zero-order valence-electron chi connectivity index (χ0n) is 28.8. The van der Waals surface area contributed by atoms with Gasteiger partial charge >= 0.3 is 24.1 Å². The van der Waals surface area contributed by atoms with Crippen molar-refractivity contribution in [3.63, 3.8) is 0 Å². The van der Waals surface area contributed by atoms with Gasteiger partial charge in [-0.1, -0.05) is 6.42 Å². The fourth-order valence-corrected chi connectivity index (χ4v) is 5.09. The molecular formula is C37H41N3O10. The van der Waals surface area contributed by atoms with E-state index in [0.717, 1.165) is 0 Å². The highest BCUT2D eigenvalue weighted by Crippen LogP contribution is 2.42. The molecule has 50 heavy (non-hydrogen) atoms. The first-order valence-corrected chi connectivity index (χ1v) is 16.1. The van der Waals surface area contributed by atoms with E-state index in [1.165, 1.54) is 24.3 Å². The second-order valence-electron chi connectivity index (χ2n) is 13.6. The summed E-state index contributed by atoms with van der Waals surface area (Å²) in [5, 5.41) is 25.2. The zero-order valence-corrected chi connectivity index (χ0v) is 28.8. The highest BCUT2D eigenvalue weighted by Gasteiger charge is 2.24. The number of rotatable bonds is 10. The molecule has 4 N–H and O–H groups in total. The number of carbonyl (C=O) groups is 5. The van der Waals surface area contributed by atoms with Gasteiger partial charge in [-0.15, -0.1) is 0 Å². The Labute approximate surface area is 288 Å². The normalized spacial score (nSPS) is 12.1. The molecule has 264 valence electrons. The molecule has 13 nitrogen and oxygen atoms in total. The van der Waals surface area contributed by atoms with Gasteiger partial charge in [0, 0.05) is 52.9 Å². The fourth-order valence-electron chi connectivity index (χ4n) is 5.09. The smallest absolute Gasteiger partial charge is 0.434 e. The van der Waals surface area contributed by atoms with E-state index in [0.29, 0.717) is 48.0 Å². The maximum atomic E-state index is 13.2. The molecular weight excluding hydrogens is 646 g/mol. The summed E-state index contributed by atoms with van der Waals surface area (Å²) >= 11 is 0. The van der Waals surface area contributed by atoms with Crippen LogP contribution in [-0.2, 0) is 14.3 Å². The number of aliphatic carboxylic acids is 1. The summed E-state index contributed by atoms with van der Waals surface area (Å²) < 4.78 is 17.0. The first-order chi connectivity index (χ1) is 23.4. The molecule has 4 rings (SSSR count). The maximum Gasteiger partial charge on any atom is 0.434 e. The third-order valence-electron chi connectivity index (χ3n) is 7.10. The van der Waals surface area contributed by atoms with E-state index >= 15 is 0 Å². The summed E-state index contributed by atoms with van der Waals surface area (Å²) in [6.45, 7) is 10.7. The first-order valence-electron chi connectivity index (χ1n) is 16.1. The van der Waals surface area contributed by atoms with Gasteiger partial charge in [-0.25, -0.2) is 14.4 Å². The van der Waals surface area contributed by atoms with Crippen LogP contribution in [0.2, 0.25) is 0 Å². The topological polar surface area (TPSA) is 194 Å². The molecule has 0 saturated carbocycles. The van der Waals surface area contributed by atoms with Gasteiger partial charge in [-0.3, -0.25) is 14.9 Å². The Kier molecular flexibility index (Phi) is 11.3.